The summed E-state index contributed by atoms with van der Waals surface area (Å²) < 4.78 is 5.07. The molecule has 0 atom stereocenters. The molecule has 16 heavy (non-hydrogen) atoms. The molecule has 5 heteroatoms. The third-order valence-electron chi connectivity index (χ3n) is 2.06. The molecule has 0 aliphatic carbocycles. The van der Waals surface area contributed by atoms with Crippen molar-refractivity contribution < 1.29 is 9.53 Å². The van der Waals surface area contributed by atoms with Crippen molar-refractivity contribution >= 4 is 5.91 Å². The van der Waals surface area contributed by atoms with E-state index in [2.05, 4.69) is 4.98 Å². The first-order valence-electron chi connectivity index (χ1n) is 5.14. The van der Waals surface area contributed by atoms with Crippen LogP contribution in [0.4, 0.5) is 0 Å². The Hall–Kier alpha value is -1.46. The van der Waals surface area contributed by atoms with E-state index < -0.39 is 0 Å². The van der Waals surface area contributed by atoms with Crippen molar-refractivity contribution in [3.8, 4) is 0 Å². The van der Waals surface area contributed by atoms with E-state index in [9.17, 15) is 4.79 Å². The van der Waals surface area contributed by atoms with Crippen molar-refractivity contribution in [1.82, 2.24) is 9.88 Å². The van der Waals surface area contributed by atoms with Gasteiger partial charge in [-0.2, -0.15) is 0 Å². The lowest BCUT2D eigenvalue weighted by atomic mass is 10.3. The van der Waals surface area contributed by atoms with Gasteiger partial charge in [0.05, 0.1) is 6.61 Å². The van der Waals surface area contributed by atoms with Crippen LogP contribution in [-0.2, 0) is 16.1 Å². The van der Waals surface area contributed by atoms with E-state index in [4.69, 9.17) is 10.5 Å². The number of carbonyl (C=O) groups is 1. The van der Waals surface area contributed by atoms with Gasteiger partial charge in [0.1, 0.15) is 6.61 Å². The number of aromatic nitrogens is 1. The van der Waals surface area contributed by atoms with Gasteiger partial charge < -0.3 is 15.4 Å². The number of pyridine rings is 1. The van der Waals surface area contributed by atoms with Gasteiger partial charge in [0.15, 0.2) is 0 Å². The molecule has 1 rings (SSSR count). The molecule has 0 bridgehead atoms. The molecule has 2 N–H and O–H groups in total. The summed E-state index contributed by atoms with van der Waals surface area (Å²) in [5.74, 6) is -0.0581. The molecule has 0 aromatic carbocycles. The molecule has 1 heterocycles. The minimum atomic E-state index is -0.0581. The normalized spacial score (nSPS) is 10.1. The van der Waals surface area contributed by atoms with Gasteiger partial charge in [-0.1, -0.05) is 6.07 Å². The topological polar surface area (TPSA) is 68.5 Å². The number of nitrogens with two attached hydrogens (primary N) is 1. The first-order valence-corrected chi connectivity index (χ1v) is 5.14. The first kappa shape index (κ1) is 12.6. The Morgan fingerprint density at radius 2 is 2.44 bits per heavy atom. The van der Waals surface area contributed by atoms with Crippen LogP contribution in [0.5, 0.6) is 0 Å². The van der Waals surface area contributed by atoms with Crippen LogP contribution in [0.1, 0.15) is 5.56 Å². The molecule has 1 amide bonds. The van der Waals surface area contributed by atoms with E-state index in [1.165, 1.54) is 0 Å². The summed E-state index contributed by atoms with van der Waals surface area (Å²) in [5, 5.41) is 0. The second-order valence-corrected chi connectivity index (χ2v) is 3.45. The lowest BCUT2D eigenvalue weighted by molar-refractivity contribution is -0.135. The fourth-order valence-corrected chi connectivity index (χ4v) is 1.21. The molecule has 0 saturated heterocycles. The minimum Gasteiger partial charge on any atom is -0.370 e. The zero-order chi connectivity index (χ0) is 11.8. The number of nitrogens with zero attached hydrogens (tertiary/aromatic N) is 2. The largest absolute Gasteiger partial charge is 0.370 e. The molecular weight excluding hydrogens is 206 g/mol. The van der Waals surface area contributed by atoms with Crippen LogP contribution in [0, 0.1) is 0 Å². The monoisotopic (exact) mass is 223 g/mol. The highest BCUT2D eigenvalue weighted by Gasteiger charge is 2.08. The smallest absolute Gasteiger partial charge is 0.248 e. The third-order valence-corrected chi connectivity index (χ3v) is 2.06. The van der Waals surface area contributed by atoms with E-state index in [1.54, 1.807) is 24.3 Å². The minimum absolute atomic E-state index is 0.0581. The van der Waals surface area contributed by atoms with E-state index >= 15 is 0 Å². The average molecular weight is 223 g/mol. The number of rotatable bonds is 6. The number of amides is 1. The van der Waals surface area contributed by atoms with Crippen LogP contribution in [0.3, 0.4) is 0 Å². The van der Waals surface area contributed by atoms with Crippen molar-refractivity contribution in [2.45, 2.75) is 6.54 Å². The van der Waals surface area contributed by atoms with E-state index in [0.717, 1.165) is 5.56 Å². The number of hydrogen-bond acceptors (Lipinski definition) is 4. The first-order chi connectivity index (χ1) is 7.74. The van der Waals surface area contributed by atoms with Crippen LogP contribution in [-0.4, -0.2) is 42.6 Å². The van der Waals surface area contributed by atoms with Gasteiger partial charge in [-0.3, -0.25) is 9.78 Å². The number of ether oxygens (including phenoxy) is 1. The standard InChI is InChI=1S/C11H17N3O2/c1-14(11(15)9-16-6-4-12)8-10-3-2-5-13-7-10/h2-3,5,7H,4,6,8-9,12H2,1H3. The molecule has 1 aromatic heterocycles. The molecule has 0 saturated carbocycles. The average Bonchev–Trinajstić information content (AvgIpc) is 2.30. The summed E-state index contributed by atoms with van der Waals surface area (Å²) in [6, 6.07) is 3.77. The Kier molecular flexibility index (Phi) is 5.45. The van der Waals surface area contributed by atoms with Crippen LogP contribution in [0.2, 0.25) is 0 Å². The summed E-state index contributed by atoms with van der Waals surface area (Å²) in [6.07, 6.45) is 3.44. The second kappa shape index (κ2) is 6.92. The maximum Gasteiger partial charge on any atom is 0.248 e. The molecule has 0 unspecified atom stereocenters. The second-order valence-electron chi connectivity index (χ2n) is 3.45. The molecule has 1 aromatic rings. The van der Waals surface area contributed by atoms with Crippen molar-refractivity contribution in [1.29, 1.82) is 0 Å². The number of hydrogen-bond donors (Lipinski definition) is 1. The molecule has 88 valence electrons. The third kappa shape index (κ3) is 4.37. The Labute approximate surface area is 95.2 Å². The SMILES string of the molecule is CN(Cc1cccnc1)C(=O)COCCN. The Balaban J connectivity index is 2.34. The Morgan fingerprint density at radius 3 is 3.06 bits per heavy atom. The van der Waals surface area contributed by atoms with Crippen LogP contribution < -0.4 is 5.73 Å². The van der Waals surface area contributed by atoms with E-state index in [1.807, 2.05) is 12.1 Å². The quantitative estimate of drug-likeness (QED) is 0.690. The lowest BCUT2D eigenvalue weighted by Crippen LogP contribution is -2.30. The highest BCUT2D eigenvalue weighted by molar-refractivity contribution is 5.77. The fourth-order valence-electron chi connectivity index (χ4n) is 1.21. The molecule has 0 aliphatic heterocycles. The summed E-state index contributed by atoms with van der Waals surface area (Å²) in [5.41, 5.74) is 6.25. The van der Waals surface area contributed by atoms with Crippen LogP contribution in [0.15, 0.2) is 24.5 Å². The summed E-state index contributed by atoms with van der Waals surface area (Å²) >= 11 is 0. The van der Waals surface area contributed by atoms with Crippen LogP contribution in [0.25, 0.3) is 0 Å². The van der Waals surface area contributed by atoms with Gasteiger partial charge in [0.2, 0.25) is 5.91 Å². The molecule has 0 spiro atoms. The molecule has 0 fully saturated rings. The lowest BCUT2D eigenvalue weighted by Gasteiger charge is -2.16. The molecule has 0 aliphatic rings. The molecular formula is C11H17N3O2. The van der Waals surface area contributed by atoms with E-state index in [-0.39, 0.29) is 12.5 Å². The Bertz CT molecular complexity index is 316. The van der Waals surface area contributed by atoms with Gasteiger partial charge in [-0.05, 0) is 11.6 Å². The van der Waals surface area contributed by atoms with Gasteiger partial charge in [-0.25, -0.2) is 0 Å². The number of carbonyl (C=O) groups excluding carboxylic acids is 1. The van der Waals surface area contributed by atoms with Crippen molar-refractivity contribution in [3.63, 3.8) is 0 Å². The molecule has 0 radical (unpaired) electrons. The maximum absolute atomic E-state index is 11.6. The van der Waals surface area contributed by atoms with Gasteiger partial charge >= 0.3 is 0 Å². The highest BCUT2D eigenvalue weighted by Crippen LogP contribution is 2.00. The predicted octanol–water partition coefficient (Wildman–Crippen LogP) is 0.0153. The zero-order valence-corrected chi connectivity index (χ0v) is 9.43. The van der Waals surface area contributed by atoms with Gasteiger partial charge in [-0.15, -0.1) is 0 Å². The maximum atomic E-state index is 11.6. The van der Waals surface area contributed by atoms with Crippen molar-refractivity contribution in [2.75, 3.05) is 26.8 Å². The fraction of sp³-hybridized carbons (Fsp3) is 0.455. The summed E-state index contributed by atoms with van der Waals surface area (Å²) in [6.45, 7) is 1.46. The van der Waals surface area contributed by atoms with Gasteiger partial charge in [0, 0.05) is 32.5 Å². The van der Waals surface area contributed by atoms with Crippen LogP contribution >= 0.6 is 0 Å². The summed E-state index contributed by atoms with van der Waals surface area (Å²) in [7, 11) is 1.74. The summed E-state index contributed by atoms with van der Waals surface area (Å²) in [4.78, 5) is 17.2. The van der Waals surface area contributed by atoms with Crippen molar-refractivity contribution in [2.24, 2.45) is 5.73 Å². The van der Waals surface area contributed by atoms with E-state index in [0.29, 0.717) is 19.7 Å². The Morgan fingerprint density at radius 1 is 1.62 bits per heavy atom. The highest BCUT2D eigenvalue weighted by atomic mass is 16.5. The molecule has 5 nitrogen and oxygen atoms in total. The van der Waals surface area contributed by atoms with Crippen molar-refractivity contribution in [3.05, 3.63) is 30.1 Å². The number of likely N-dealkylation sites (N-methyl/N-ethyl adjacent to an activating group) is 1. The van der Waals surface area contributed by atoms with Gasteiger partial charge in [0.25, 0.3) is 0 Å². The zero-order valence-electron chi connectivity index (χ0n) is 9.43. The predicted molar refractivity (Wildman–Crippen MR) is 60.6 cm³/mol.